The van der Waals surface area contributed by atoms with Crippen molar-refractivity contribution in [3.05, 3.63) is 18.1 Å². The van der Waals surface area contributed by atoms with Gasteiger partial charge in [0, 0.05) is 0 Å². The Bertz CT molecular complexity index is 563. The molecular formula is C9H13N5O3. The molecule has 2 aromatic rings. The zero-order valence-electron chi connectivity index (χ0n) is 8.91. The Balaban J connectivity index is 2.33. The van der Waals surface area contributed by atoms with Gasteiger partial charge < -0.3 is 24.9 Å². The molecule has 2 rings (SSSR count). The lowest BCUT2D eigenvalue weighted by Gasteiger charge is -2.17. The Kier molecular flexibility index (Phi) is 3.18. The molecule has 0 spiro atoms. The van der Waals surface area contributed by atoms with Gasteiger partial charge in [-0.15, -0.1) is 0 Å². The maximum atomic E-state index is 9.59. The normalized spacial score (nSPS) is 15.0. The third kappa shape index (κ3) is 2.18. The number of aromatic nitrogens is 4. The fraction of sp³-hybridized carbons (Fsp3) is 0.444. The molecule has 0 aliphatic carbocycles. The third-order valence-electron chi connectivity index (χ3n) is 2.47. The molecule has 0 saturated carbocycles. The highest BCUT2D eigenvalue weighted by atomic mass is 16.4. The van der Waals surface area contributed by atoms with Gasteiger partial charge >= 0.3 is 0 Å². The summed E-state index contributed by atoms with van der Waals surface area (Å²) >= 11 is 0. The van der Waals surface area contributed by atoms with Crippen LogP contribution >= 0.6 is 0 Å². The van der Waals surface area contributed by atoms with Crippen molar-refractivity contribution in [1.29, 1.82) is 5.41 Å². The number of rotatable bonds is 4. The van der Waals surface area contributed by atoms with E-state index in [1.807, 2.05) is 0 Å². The van der Waals surface area contributed by atoms with Crippen molar-refractivity contribution in [1.82, 2.24) is 19.5 Å². The fourth-order valence-corrected chi connectivity index (χ4v) is 1.50. The molecule has 0 amide bonds. The van der Waals surface area contributed by atoms with Gasteiger partial charge in [0.15, 0.2) is 11.1 Å². The van der Waals surface area contributed by atoms with Crippen LogP contribution in [0.1, 0.15) is 0 Å². The van der Waals surface area contributed by atoms with E-state index in [1.165, 1.54) is 17.2 Å². The summed E-state index contributed by atoms with van der Waals surface area (Å²) in [6, 6.07) is 0. The van der Waals surface area contributed by atoms with E-state index in [2.05, 4.69) is 15.0 Å². The minimum absolute atomic E-state index is 0.0381. The number of aliphatic hydroxyl groups is 3. The van der Waals surface area contributed by atoms with Crippen LogP contribution in [-0.2, 0) is 6.54 Å². The molecule has 0 aliphatic heterocycles. The van der Waals surface area contributed by atoms with E-state index in [0.29, 0.717) is 11.2 Å². The zero-order chi connectivity index (χ0) is 12.4. The molecule has 0 aliphatic rings. The monoisotopic (exact) mass is 239 g/mol. The van der Waals surface area contributed by atoms with Gasteiger partial charge in [-0.1, -0.05) is 0 Å². The largest absolute Gasteiger partial charge is 0.394 e. The van der Waals surface area contributed by atoms with E-state index in [1.54, 1.807) is 0 Å². The van der Waals surface area contributed by atoms with Crippen LogP contribution in [0.15, 0.2) is 12.7 Å². The van der Waals surface area contributed by atoms with Gasteiger partial charge in [-0.25, -0.2) is 9.97 Å². The van der Waals surface area contributed by atoms with Gasteiger partial charge in [0.2, 0.25) is 0 Å². The lowest BCUT2D eigenvalue weighted by Crippen LogP contribution is -2.33. The highest BCUT2D eigenvalue weighted by molar-refractivity contribution is 5.68. The van der Waals surface area contributed by atoms with Crippen molar-refractivity contribution in [3.8, 4) is 0 Å². The molecule has 2 unspecified atom stereocenters. The van der Waals surface area contributed by atoms with E-state index in [9.17, 15) is 10.2 Å². The van der Waals surface area contributed by atoms with Crippen LogP contribution in [0.5, 0.6) is 0 Å². The van der Waals surface area contributed by atoms with Crippen LogP contribution in [0.25, 0.3) is 11.2 Å². The van der Waals surface area contributed by atoms with E-state index in [0.717, 1.165) is 0 Å². The van der Waals surface area contributed by atoms with Crippen molar-refractivity contribution in [2.75, 3.05) is 6.61 Å². The molecule has 0 aromatic carbocycles. The number of fused-ring (bicyclic) bond motifs is 1. The number of nitrogens with one attached hydrogen (secondary N) is 2. The van der Waals surface area contributed by atoms with E-state index < -0.39 is 18.8 Å². The number of imidazole rings is 1. The summed E-state index contributed by atoms with van der Waals surface area (Å²) in [5.74, 6) is 0. The smallest absolute Gasteiger partial charge is 0.173 e. The molecule has 0 radical (unpaired) electrons. The van der Waals surface area contributed by atoms with Crippen molar-refractivity contribution < 1.29 is 15.3 Å². The highest BCUT2D eigenvalue weighted by Gasteiger charge is 2.17. The molecule has 8 heteroatoms. The minimum atomic E-state index is -1.22. The molecule has 17 heavy (non-hydrogen) atoms. The van der Waals surface area contributed by atoms with Crippen molar-refractivity contribution in [2.24, 2.45) is 0 Å². The van der Waals surface area contributed by atoms with E-state index >= 15 is 0 Å². The molecule has 2 heterocycles. The fourth-order valence-electron chi connectivity index (χ4n) is 1.50. The Morgan fingerprint density at radius 3 is 2.82 bits per heavy atom. The van der Waals surface area contributed by atoms with Gasteiger partial charge in [0.25, 0.3) is 0 Å². The first kappa shape index (κ1) is 11.7. The van der Waals surface area contributed by atoms with Crippen LogP contribution in [-0.4, -0.2) is 53.7 Å². The number of hydrogen-bond donors (Lipinski definition) is 5. The van der Waals surface area contributed by atoms with Crippen LogP contribution in [0, 0.1) is 5.41 Å². The van der Waals surface area contributed by atoms with Crippen LogP contribution in [0.3, 0.4) is 0 Å². The van der Waals surface area contributed by atoms with Gasteiger partial charge in [-0.2, -0.15) is 0 Å². The maximum absolute atomic E-state index is 9.59. The zero-order valence-corrected chi connectivity index (χ0v) is 8.91. The quantitative estimate of drug-likeness (QED) is 0.419. The van der Waals surface area contributed by atoms with E-state index in [4.69, 9.17) is 10.5 Å². The first-order chi connectivity index (χ1) is 8.13. The average Bonchev–Trinajstić information content (AvgIpc) is 2.81. The summed E-state index contributed by atoms with van der Waals surface area (Å²) in [7, 11) is 0. The lowest BCUT2D eigenvalue weighted by atomic mass is 10.2. The van der Waals surface area contributed by atoms with Crippen molar-refractivity contribution >= 4 is 11.2 Å². The second-order valence-electron chi connectivity index (χ2n) is 3.66. The van der Waals surface area contributed by atoms with Crippen LogP contribution in [0.2, 0.25) is 0 Å². The molecule has 92 valence electrons. The predicted molar refractivity (Wildman–Crippen MR) is 56.8 cm³/mol. The molecule has 5 N–H and O–H groups in total. The summed E-state index contributed by atoms with van der Waals surface area (Å²) in [6.07, 6.45) is 0.449. The first-order valence-corrected chi connectivity index (χ1v) is 5.03. The summed E-state index contributed by atoms with van der Waals surface area (Å²) in [5.41, 5.74) is 0.985. The summed E-state index contributed by atoms with van der Waals surface area (Å²) in [4.78, 5) is 10.6. The van der Waals surface area contributed by atoms with Crippen LogP contribution < -0.4 is 5.49 Å². The lowest BCUT2D eigenvalue weighted by molar-refractivity contribution is -0.0212. The van der Waals surface area contributed by atoms with Crippen molar-refractivity contribution in [3.63, 3.8) is 0 Å². The van der Waals surface area contributed by atoms with Gasteiger partial charge in [-0.3, -0.25) is 5.41 Å². The Morgan fingerprint density at radius 1 is 1.35 bits per heavy atom. The van der Waals surface area contributed by atoms with Crippen LogP contribution in [0.4, 0.5) is 0 Å². The molecule has 2 atom stereocenters. The summed E-state index contributed by atoms with van der Waals surface area (Å²) in [6.45, 7) is -0.480. The second-order valence-corrected chi connectivity index (χ2v) is 3.66. The number of hydrogen-bond acceptors (Lipinski definition) is 6. The highest BCUT2D eigenvalue weighted by Crippen LogP contribution is 2.05. The maximum Gasteiger partial charge on any atom is 0.173 e. The number of aromatic amines is 1. The molecule has 0 fully saturated rings. The molecular weight excluding hydrogens is 226 g/mol. The first-order valence-electron chi connectivity index (χ1n) is 5.03. The molecule has 0 saturated heterocycles. The third-order valence-corrected chi connectivity index (χ3v) is 2.47. The number of aliphatic hydroxyl groups excluding tert-OH is 3. The Morgan fingerprint density at radius 2 is 2.12 bits per heavy atom. The number of nitrogens with zero attached hydrogens (tertiary/aromatic N) is 3. The standard InChI is InChI=1S/C9H13N5O3/c10-8-7-9(12-3-11-7)14(4-13-8)1-5(16)6(17)2-15/h3-6,10,15-17H,1-2H2,(H,11,12). The SMILES string of the molecule is N=c1ncn(CC(O)C(O)CO)c2nc[nH]c12. The molecule has 2 aromatic heterocycles. The van der Waals surface area contributed by atoms with Crippen molar-refractivity contribution in [2.45, 2.75) is 18.8 Å². The average molecular weight is 239 g/mol. The summed E-state index contributed by atoms with van der Waals surface area (Å²) in [5, 5.41) is 35.1. The Hall–Kier alpha value is -1.77. The van der Waals surface area contributed by atoms with Gasteiger partial charge in [0.1, 0.15) is 17.7 Å². The predicted octanol–water partition coefficient (Wildman–Crippen LogP) is -2.05. The van der Waals surface area contributed by atoms with Gasteiger partial charge in [0.05, 0.1) is 25.8 Å². The number of H-pyrrole nitrogens is 1. The minimum Gasteiger partial charge on any atom is -0.394 e. The molecule has 8 nitrogen and oxygen atoms in total. The molecule has 0 bridgehead atoms. The van der Waals surface area contributed by atoms with E-state index in [-0.39, 0.29) is 12.0 Å². The topological polar surface area (TPSA) is 131 Å². The second kappa shape index (κ2) is 4.62. The van der Waals surface area contributed by atoms with Gasteiger partial charge in [-0.05, 0) is 0 Å². The Labute approximate surface area is 95.7 Å². The summed E-state index contributed by atoms with van der Waals surface area (Å²) < 4.78 is 1.51.